The van der Waals surface area contributed by atoms with Gasteiger partial charge in [0, 0.05) is 22.2 Å². The molecule has 0 unspecified atom stereocenters. The summed E-state index contributed by atoms with van der Waals surface area (Å²) in [5.74, 6) is 1.67. The van der Waals surface area contributed by atoms with Crippen molar-refractivity contribution in [3.63, 3.8) is 0 Å². The number of phenolic OH excluding ortho intramolecular Hbond substituents is 1. The molecule has 6 rings (SSSR count). The molecule has 2 aliphatic rings. The number of halogens is 1. The summed E-state index contributed by atoms with van der Waals surface area (Å²) < 4.78 is 30.9. The molecule has 236 valence electrons. The van der Waals surface area contributed by atoms with Crippen LogP contribution in [0.25, 0.3) is 0 Å². The predicted molar refractivity (Wildman–Crippen MR) is 187 cm³/mol. The van der Waals surface area contributed by atoms with Gasteiger partial charge in [0.15, 0.2) is 0 Å². The Kier molecular flexibility index (Phi) is 11.0. The molecule has 2 fully saturated rings. The minimum atomic E-state index is -0.405. The van der Waals surface area contributed by atoms with Crippen molar-refractivity contribution in [1.82, 2.24) is 9.97 Å². The van der Waals surface area contributed by atoms with E-state index in [0.29, 0.717) is 5.75 Å². The number of phenols is 1. The van der Waals surface area contributed by atoms with Crippen LogP contribution in [0.2, 0.25) is 0 Å². The molecule has 0 atom stereocenters. The van der Waals surface area contributed by atoms with Crippen LogP contribution in [0.1, 0.15) is 55.4 Å². The Morgan fingerprint density at radius 2 is 1.07 bits per heavy atom. The fraction of sp³-hybridized carbons (Fsp3) is 0.353. The van der Waals surface area contributed by atoms with Gasteiger partial charge >= 0.3 is 14.2 Å². The summed E-state index contributed by atoms with van der Waals surface area (Å²) in [6.07, 6.45) is 6.98. The lowest BCUT2D eigenvalue weighted by Crippen LogP contribution is -2.41. The second-order valence-electron chi connectivity index (χ2n) is 12.8. The van der Waals surface area contributed by atoms with E-state index in [4.69, 9.17) is 23.4 Å². The van der Waals surface area contributed by atoms with Gasteiger partial charge in [0.2, 0.25) is 0 Å². The van der Waals surface area contributed by atoms with Crippen LogP contribution in [0, 0.1) is 3.57 Å². The smallest absolute Gasteiger partial charge is 0.494 e. The van der Waals surface area contributed by atoms with E-state index < -0.39 is 7.12 Å². The Labute approximate surface area is 281 Å². The number of aromatic nitrogens is 2. The van der Waals surface area contributed by atoms with Crippen LogP contribution in [-0.4, -0.2) is 51.7 Å². The molecule has 0 radical (unpaired) electrons. The number of ether oxygens (including phenoxy) is 1. The number of pyridine rings is 2. The molecular formula is C34H41B2IN2O6. The van der Waals surface area contributed by atoms with E-state index in [9.17, 15) is 5.11 Å². The molecule has 2 aromatic carbocycles. The highest BCUT2D eigenvalue weighted by molar-refractivity contribution is 14.1. The van der Waals surface area contributed by atoms with E-state index in [1.807, 2.05) is 116 Å². The molecular weight excluding hydrogens is 681 g/mol. The molecule has 2 aliphatic heterocycles. The highest BCUT2D eigenvalue weighted by Crippen LogP contribution is 2.37. The van der Waals surface area contributed by atoms with Crippen LogP contribution >= 0.6 is 22.6 Å². The first-order valence-electron chi connectivity index (χ1n) is 14.8. The number of aromatic hydroxyl groups is 1. The van der Waals surface area contributed by atoms with E-state index >= 15 is 0 Å². The van der Waals surface area contributed by atoms with Crippen LogP contribution in [0.15, 0.2) is 97.6 Å². The van der Waals surface area contributed by atoms with Gasteiger partial charge in [-0.05, 0) is 137 Å². The second-order valence-corrected chi connectivity index (χ2v) is 14.1. The van der Waals surface area contributed by atoms with E-state index in [2.05, 4.69) is 32.6 Å². The molecule has 0 spiro atoms. The highest BCUT2D eigenvalue weighted by Gasteiger charge is 2.52. The lowest BCUT2D eigenvalue weighted by Gasteiger charge is -2.32. The van der Waals surface area contributed by atoms with Crippen LogP contribution in [0.3, 0.4) is 0 Å². The average Bonchev–Trinajstić information content (AvgIpc) is 3.34. The van der Waals surface area contributed by atoms with Gasteiger partial charge in [-0.15, -0.1) is 0 Å². The normalized spacial score (nSPS) is 18.7. The average molecular weight is 722 g/mol. The third-order valence-electron chi connectivity index (χ3n) is 8.27. The molecule has 2 aromatic heterocycles. The van der Waals surface area contributed by atoms with Crippen LogP contribution in [-0.2, 0) is 18.6 Å². The fourth-order valence-electron chi connectivity index (χ4n) is 4.24. The number of hydrogen-bond acceptors (Lipinski definition) is 8. The number of benzene rings is 2. The molecule has 0 saturated carbocycles. The van der Waals surface area contributed by atoms with Crippen LogP contribution < -0.4 is 15.7 Å². The van der Waals surface area contributed by atoms with E-state index in [0.717, 1.165) is 16.7 Å². The molecule has 45 heavy (non-hydrogen) atoms. The van der Waals surface area contributed by atoms with Gasteiger partial charge in [0.25, 0.3) is 0 Å². The van der Waals surface area contributed by atoms with Gasteiger partial charge in [-0.1, -0.05) is 24.3 Å². The zero-order chi connectivity index (χ0) is 32.9. The first-order chi connectivity index (χ1) is 21.1. The zero-order valence-corrected chi connectivity index (χ0v) is 29.3. The second kappa shape index (κ2) is 14.2. The molecule has 8 nitrogen and oxygen atoms in total. The van der Waals surface area contributed by atoms with Gasteiger partial charge in [-0.3, -0.25) is 9.97 Å². The molecule has 0 bridgehead atoms. The van der Waals surface area contributed by atoms with Crippen molar-refractivity contribution >= 4 is 47.8 Å². The Hall–Kier alpha value is -2.96. The van der Waals surface area contributed by atoms with Crippen molar-refractivity contribution in [3.8, 4) is 17.2 Å². The first kappa shape index (κ1) is 34.9. The lowest BCUT2D eigenvalue weighted by atomic mass is 9.79. The monoisotopic (exact) mass is 722 g/mol. The summed E-state index contributed by atoms with van der Waals surface area (Å²) in [5, 5.41) is 9.42. The maximum atomic E-state index is 9.42. The third-order valence-corrected chi connectivity index (χ3v) is 8.91. The molecule has 4 heterocycles. The minimum absolute atomic E-state index is 0.229. The zero-order valence-electron chi connectivity index (χ0n) is 27.2. The van der Waals surface area contributed by atoms with E-state index in [1.54, 1.807) is 36.8 Å². The minimum Gasteiger partial charge on any atom is -0.508 e. The van der Waals surface area contributed by atoms with E-state index in [1.165, 1.54) is 3.57 Å². The Morgan fingerprint density at radius 1 is 0.600 bits per heavy atom. The van der Waals surface area contributed by atoms with Gasteiger partial charge < -0.3 is 28.5 Å². The summed E-state index contributed by atoms with van der Waals surface area (Å²) >= 11 is 2.22. The molecule has 4 aromatic rings. The molecule has 11 heteroatoms. The topological polar surface area (TPSA) is 92.2 Å². The van der Waals surface area contributed by atoms with Crippen molar-refractivity contribution in [1.29, 1.82) is 0 Å². The van der Waals surface area contributed by atoms with Crippen molar-refractivity contribution in [2.24, 2.45) is 0 Å². The summed E-state index contributed by atoms with van der Waals surface area (Å²) in [7, 11) is -0.792. The Bertz CT molecular complexity index is 1510. The summed E-state index contributed by atoms with van der Waals surface area (Å²) in [5.41, 5.74) is 0.404. The SMILES string of the molecule is CC1(C)OB(c2cccc(O)c2)OC1(C)C.CC1(C)OB(c2cccc(Oc3cccnc3)c2)OC1(C)C.Ic1cccnc1. The Balaban J connectivity index is 0.000000174. The maximum absolute atomic E-state index is 9.42. The molecule has 0 aliphatic carbocycles. The first-order valence-corrected chi connectivity index (χ1v) is 15.9. The molecule has 2 saturated heterocycles. The summed E-state index contributed by atoms with van der Waals surface area (Å²) in [6.45, 7) is 16.2. The van der Waals surface area contributed by atoms with Gasteiger partial charge in [-0.2, -0.15) is 0 Å². The van der Waals surface area contributed by atoms with Crippen molar-refractivity contribution < 1.29 is 28.5 Å². The van der Waals surface area contributed by atoms with Gasteiger partial charge in [0.1, 0.15) is 17.2 Å². The number of nitrogens with zero attached hydrogens (tertiary/aromatic N) is 2. The standard InChI is InChI=1S/C17H20BNO3.C12H17BO3.C5H4IN/c1-16(2)17(3,4)22-18(21-16)13-7-5-8-14(11-13)20-15-9-6-10-19-12-15;1-11(2)12(3,4)16-13(15-11)9-6-5-7-10(14)8-9;6-5-2-1-3-7-4-5/h5-12H,1-4H3;5-8,14H,1-4H3;1-4H. The fourth-order valence-corrected chi connectivity index (χ4v) is 4.61. The highest BCUT2D eigenvalue weighted by atomic mass is 127. The number of rotatable bonds is 4. The quantitative estimate of drug-likeness (QED) is 0.188. The molecule has 1 N–H and O–H groups in total. The largest absolute Gasteiger partial charge is 0.508 e. The van der Waals surface area contributed by atoms with Gasteiger partial charge in [-0.25, -0.2) is 0 Å². The van der Waals surface area contributed by atoms with Gasteiger partial charge in [0.05, 0.1) is 28.6 Å². The van der Waals surface area contributed by atoms with Crippen molar-refractivity contribution in [3.05, 3.63) is 101 Å². The van der Waals surface area contributed by atoms with Crippen molar-refractivity contribution in [2.75, 3.05) is 0 Å². The maximum Gasteiger partial charge on any atom is 0.494 e. The summed E-state index contributed by atoms with van der Waals surface area (Å²) in [4.78, 5) is 7.92. The third kappa shape index (κ3) is 9.07. The van der Waals surface area contributed by atoms with Crippen LogP contribution in [0.4, 0.5) is 0 Å². The number of hydrogen-bond donors (Lipinski definition) is 1. The van der Waals surface area contributed by atoms with Crippen LogP contribution in [0.5, 0.6) is 17.2 Å². The lowest BCUT2D eigenvalue weighted by molar-refractivity contribution is 0.00578. The molecule has 0 amide bonds. The van der Waals surface area contributed by atoms with E-state index in [-0.39, 0.29) is 35.3 Å². The van der Waals surface area contributed by atoms with Crippen molar-refractivity contribution in [2.45, 2.75) is 77.8 Å². The predicted octanol–water partition coefficient (Wildman–Crippen LogP) is 6.55. The summed E-state index contributed by atoms with van der Waals surface area (Å²) in [6, 6.07) is 22.4. The Morgan fingerprint density at radius 3 is 1.49 bits per heavy atom.